The fourth-order valence-corrected chi connectivity index (χ4v) is 4.00. The van der Waals surface area contributed by atoms with E-state index in [-0.39, 0.29) is 11.8 Å². The average Bonchev–Trinajstić information content (AvgIpc) is 3.35. The summed E-state index contributed by atoms with van der Waals surface area (Å²) >= 11 is 1.58. The quantitative estimate of drug-likeness (QED) is 0.614. The molecule has 0 aliphatic carbocycles. The Morgan fingerprint density at radius 3 is 2.87 bits per heavy atom. The van der Waals surface area contributed by atoms with E-state index in [9.17, 15) is 9.59 Å². The molecule has 4 rings (SSSR count). The lowest BCUT2D eigenvalue weighted by molar-refractivity contribution is -0.128. The van der Waals surface area contributed by atoms with Crippen LogP contribution in [0.4, 0.5) is 5.69 Å². The van der Waals surface area contributed by atoms with E-state index in [0.29, 0.717) is 36.6 Å². The molecule has 2 amide bonds. The lowest BCUT2D eigenvalue weighted by Crippen LogP contribution is -2.23. The molecule has 1 aromatic heterocycles. The standard InChI is InChI=1S/C23H23N3O3S/c1-16-24-20(15-30-16)14-29-21-8-3-6-18(12-21)23(28)25-19-7-2-5-17(11-19)13-26-10-4-9-22(26)27/h2-3,5-8,11-12,15H,4,9-10,13-14H2,1H3,(H,25,28). The minimum atomic E-state index is -0.209. The van der Waals surface area contributed by atoms with Crippen LogP contribution < -0.4 is 10.1 Å². The molecular weight excluding hydrogens is 398 g/mol. The highest BCUT2D eigenvalue weighted by atomic mass is 32.1. The van der Waals surface area contributed by atoms with Crippen molar-refractivity contribution in [3.8, 4) is 5.75 Å². The zero-order chi connectivity index (χ0) is 20.9. The number of carbonyl (C=O) groups excluding carboxylic acids is 2. The Balaban J connectivity index is 1.38. The molecule has 0 atom stereocenters. The SMILES string of the molecule is Cc1nc(COc2cccc(C(=O)Nc3cccc(CN4CCCC4=O)c3)c2)cs1. The zero-order valence-electron chi connectivity index (χ0n) is 16.8. The highest BCUT2D eigenvalue weighted by Gasteiger charge is 2.20. The van der Waals surface area contributed by atoms with Crippen molar-refractivity contribution >= 4 is 28.8 Å². The first kappa shape index (κ1) is 20.1. The maximum absolute atomic E-state index is 12.7. The normalized spacial score (nSPS) is 13.5. The van der Waals surface area contributed by atoms with Gasteiger partial charge in [-0.1, -0.05) is 18.2 Å². The first-order valence-electron chi connectivity index (χ1n) is 9.89. The van der Waals surface area contributed by atoms with E-state index >= 15 is 0 Å². The van der Waals surface area contributed by atoms with Crippen molar-refractivity contribution in [1.82, 2.24) is 9.88 Å². The van der Waals surface area contributed by atoms with Crippen LogP contribution in [0.5, 0.6) is 5.75 Å². The molecule has 1 aliphatic heterocycles. The second kappa shape index (κ2) is 9.09. The summed E-state index contributed by atoms with van der Waals surface area (Å²) in [5.74, 6) is 0.600. The van der Waals surface area contributed by atoms with Gasteiger partial charge >= 0.3 is 0 Å². The van der Waals surface area contributed by atoms with Crippen LogP contribution in [0.1, 0.15) is 39.5 Å². The summed E-state index contributed by atoms with van der Waals surface area (Å²) in [7, 11) is 0. The minimum absolute atomic E-state index is 0.189. The first-order chi connectivity index (χ1) is 14.6. The van der Waals surface area contributed by atoms with E-state index < -0.39 is 0 Å². The fraction of sp³-hybridized carbons (Fsp3) is 0.261. The summed E-state index contributed by atoms with van der Waals surface area (Å²) in [6, 6.07) is 14.7. The third kappa shape index (κ3) is 5.04. The number of thiazole rings is 1. The second-order valence-corrected chi connectivity index (χ2v) is 8.31. The first-order valence-corrected chi connectivity index (χ1v) is 10.8. The van der Waals surface area contributed by atoms with Gasteiger partial charge in [-0.2, -0.15) is 0 Å². The Morgan fingerprint density at radius 2 is 2.10 bits per heavy atom. The Hall–Kier alpha value is -3.19. The molecule has 2 aromatic carbocycles. The van der Waals surface area contributed by atoms with Gasteiger partial charge in [0, 0.05) is 36.1 Å². The summed E-state index contributed by atoms with van der Waals surface area (Å²) in [5, 5.41) is 5.90. The molecule has 2 heterocycles. The summed E-state index contributed by atoms with van der Waals surface area (Å²) in [5.41, 5.74) is 3.09. The van der Waals surface area contributed by atoms with Gasteiger partial charge in [-0.25, -0.2) is 4.98 Å². The average molecular weight is 422 g/mol. The smallest absolute Gasteiger partial charge is 0.255 e. The lowest BCUT2D eigenvalue weighted by Gasteiger charge is -2.16. The number of rotatable bonds is 7. The number of aromatic nitrogens is 1. The van der Waals surface area contributed by atoms with E-state index in [1.165, 1.54) is 0 Å². The van der Waals surface area contributed by atoms with Crippen LogP contribution in [0.25, 0.3) is 0 Å². The fourth-order valence-electron chi connectivity index (χ4n) is 3.40. The Bertz CT molecular complexity index is 1060. The molecule has 1 saturated heterocycles. The number of anilines is 1. The summed E-state index contributed by atoms with van der Waals surface area (Å²) in [4.78, 5) is 30.8. The maximum atomic E-state index is 12.7. The van der Waals surface area contributed by atoms with Crippen LogP contribution >= 0.6 is 11.3 Å². The van der Waals surface area contributed by atoms with Crippen molar-refractivity contribution in [3.05, 3.63) is 75.7 Å². The van der Waals surface area contributed by atoms with Crippen molar-refractivity contribution in [1.29, 1.82) is 0 Å². The third-order valence-electron chi connectivity index (χ3n) is 4.88. The van der Waals surface area contributed by atoms with Crippen LogP contribution in [0, 0.1) is 6.92 Å². The van der Waals surface area contributed by atoms with Crippen LogP contribution in [0.15, 0.2) is 53.9 Å². The van der Waals surface area contributed by atoms with Crippen molar-refractivity contribution in [2.75, 3.05) is 11.9 Å². The van der Waals surface area contributed by atoms with Crippen LogP contribution in [-0.4, -0.2) is 28.2 Å². The number of likely N-dealkylation sites (tertiary alicyclic amines) is 1. The molecule has 0 unspecified atom stereocenters. The molecule has 0 spiro atoms. The van der Waals surface area contributed by atoms with Crippen molar-refractivity contribution in [3.63, 3.8) is 0 Å². The molecule has 154 valence electrons. The van der Waals surface area contributed by atoms with Crippen molar-refractivity contribution < 1.29 is 14.3 Å². The molecule has 0 bridgehead atoms. The van der Waals surface area contributed by atoms with E-state index in [2.05, 4.69) is 10.3 Å². The Labute approximate surface area is 179 Å². The van der Waals surface area contributed by atoms with Gasteiger partial charge < -0.3 is 15.0 Å². The van der Waals surface area contributed by atoms with Crippen LogP contribution in [-0.2, 0) is 17.9 Å². The number of nitrogens with one attached hydrogen (secondary N) is 1. The molecule has 0 saturated carbocycles. The van der Waals surface area contributed by atoms with E-state index in [4.69, 9.17) is 4.74 Å². The molecule has 1 fully saturated rings. The maximum Gasteiger partial charge on any atom is 0.255 e. The third-order valence-corrected chi connectivity index (χ3v) is 5.70. The van der Waals surface area contributed by atoms with Gasteiger partial charge in [0.1, 0.15) is 12.4 Å². The summed E-state index contributed by atoms with van der Waals surface area (Å²) in [6.07, 6.45) is 1.53. The van der Waals surface area contributed by atoms with Crippen molar-refractivity contribution in [2.45, 2.75) is 32.9 Å². The number of carbonyl (C=O) groups is 2. The van der Waals surface area contributed by atoms with Gasteiger partial charge in [0.2, 0.25) is 5.91 Å². The molecule has 3 aromatic rings. The summed E-state index contributed by atoms with van der Waals surface area (Å²) in [6.45, 7) is 3.69. The second-order valence-electron chi connectivity index (χ2n) is 7.25. The lowest BCUT2D eigenvalue weighted by atomic mass is 10.1. The van der Waals surface area contributed by atoms with Gasteiger partial charge in [0.25, 0.3) is 5.91 Å². The van der Waals surface area contributed by atoms with E-state index in [1.807, 2.05) is 47.5 Å². The molecule has 6 nitrogen and oxygen atoms in total. The number of hydrogen-bond donors (Lipinski definition) is 1. The predicted octanol–water partition coefficient (Wildman–Crippen LogP) is 4.41. The van der Waals surface area contributed by atoms with Gasteiger partial charge in [0.05, 0.1) is 10.7 Å². The minimum Gasteiger partial charge on any atom is -0.487 e. The monoisotopic (exact) mass is 421 g/mol. The van der Waals surface area contributed by atoms with Crippen LogP contribution in [0.2, 0.25) is 0 Å². The molecule has 30 heavy (non-hydrogen) atoms. The predicted molar refractivity (Wildman–Crippen MR) is 117 cm³/mol. The topological polar surface area (TPSA) is 71.5 Å². The van der Waals surface area contributed by atoms with Gasteiger partial charge in [0.15, 0.2) is 0 Å². The molecular formula is C23H23N3O3S. The summed E-state index contributed by atoms with van der Waals surface area (Å²) < 4.78 is 5.78. The van der Waals surface area contributed by atoms with Crippen molar-refractivity contribution in [2.24, 2.45) is 0 Å². The number of nitrogens with zero attached hydrogens (tertiary/aromatic N) is 2. The largest absolute Gasteiger partial charge is 0.487 e. The van der Waals surface area contributed by atoms with Gasteiger partial charge in [-0.3, -0.25) is 9.59 Å². The number of ether oxygens (including phenoxy) is 1. The number of benzene rings is 2. The Morgan fingerprint density at radius 1 is 1.23 bits per heavy atom. The zero-order valence-corrected chi connectivity index (χ0v) is 17.6. The Kier molecular flexibility index (Phi) is 6.09. The van der Waals surface area contributed by atoms with E-state index in [1.54, 1.807) is 29.5 Å². The van der Waals surface area contributed by atoms with Crippen LogP contribution in [0.3, 0.4) is 0 Å². The molecule has 0 radical (unpaired) electrons. The molecule has 1 N–H and O–H groups in total. The van der Waals surface area contributed by atoms with Gasteiger partial charge in [-0.05, 0) is 49.2 Å². The highest BCUT2D eigenvalue weighted by molar-refractivity contribution is 7.09. The highest BCUT2D eigenvalue weighted by Crippen LogP contribution is 2.20. The number of amides is 2. The molecule has 7 heteroatoms. The molecule has 1 aliphatic rings. The number of hydrogen-bond acceptors (Lipinski definition) is 5. The number of aryl methyl sites for hydroxylation is 1. The van der Waals surface area contributed by atoms with Gasteiger partial charge in [-0.15, -0.1) is 11.3 Å². The van der Waals surface area contributed by atoms with E-state index in [0.717, 1.165) is 29.2 Å².